The molecule has 1 aromatic rings. The second kappa shape index (κ2) is 3.66. The molecular formula is C9H14ClN3. The molecule has 2 atom stereocenters. The van der Waals surface area contributed by atoms with Crippen LogP contribution in [0.2, 0.25) is 0 Å². The van der Waals surface area contributed by atoms with Crippen LogP contribution < -0.4 is 0 Å². The lowest BCUT2D eigenvalue weighted by Crippen LogP contribution is -2.06. The summed E-state index contributed by atoms with van der Waals surface area (Å²) < 4.78 is 1.85. The molecule has 2 unspecified atom stereocenters. The van der Waals surface area contributed by atoms with Crippen molar-refractivity contribution in [1.82, 2.24) is 14.8 Å². The Morgan fingerprint density at radius 2 is 2.46 bits per heavy atom. The first kappa shape index (κ1) is 9.00. The van der Waals surface area contributed by atoms with Crippen LogP contribution in [0, 0.1) is 5.92 Å². The van der Waals surface area contributed by atoms with Crippen LogP contribution in [0.3, 0.4) is 0 Å². The maximum absolute atomic E-state index is 6.04. The van der Waals surface area contributed by atoms with Crippen molar-refractivity contribution in [2.75, 3.05) is 0 Å². The molecule has 1 aromatic heterocycles. The molecule has 0 aromatic carbocycles. The Labute approximate surface area is 83.1 Å². The zero-order valence-corrected chi connectivity index (χ0v) is 8.54. The highest BCUT2D eigenvalue weighted by Crippen LogP contribution is 2.31. The monoisotopic (exact) mass is 199 g/mol. The van der Waals surface area contributed by atoms with Crippen molar-refractivity contribution in [3.8, 4) is 0 Å². The van der Waals surface area contributed by atoms with E-state index in [4.69, 9.17) is 11.6 Å². The molecule has 1 saturated carbocycles. The van der Waals surface area contributed by atoms with Crippen LogP contribution in [0.5, 0.6) is 0 Å². The zero-order valence-electron chi connectivity index (χ0n) is 7.78. The lowest BCUT2D eigenvalue weighted by Gasteiger charge is -2.07. The number of aryl methyl sites for hydroxylation is 1. The van der Waals surface area contributed by atoms with E-state index in [0.717, 1.165) is 25.1 Å². The first-order chi connectivity index (χ1) is 6.25. The van der Waals surface area contributed by atoms with Crippen LogP contribution in [0.4, 0.5) is 0 Å². The van der Waals surface area contributed by atoms with Crippen LogP contribution in [0.25, 0.3) is 0 Å². The van der Waals surface area contributed by atoms with Gasteiger partial charge in [0.1, 0.15) is 12.2 Å². The van der Waals surface area contributed by atoms with E-state index in [-0.39, 0.29) is 0 Å². The fraction of sp³-hybridized carbons (Fsp3) is 0.778. The predicted octanol–water partition coefficient (Wildman–Crippen LogP) is 1.77. The maximum Gasteiger partial charge on any atom is 0.138 e. The largest absolute Gasteiger partial charge is 0.253 e. The predicted molar refractivity (Wildman–Crippen MR) is 51.7 cm³/mol. The van der Waals surface area contributed by atoms with Crippen molar-refractivity contribution in [2.45, 2.75) is 31.1 Å². The molecule has 0 radical (unpaired) electrons. The molecule has 2 rings (SSSR count). The van der Waals surface area contributed by atoms with Crippen molar-refractivity contribution >= 4 is 11.6 Å². The average Bonchev–Trinajstić information content (AvgIpc) is 2.64. The van der Waals surface area contributed by atoms with Gasteiger partial charge in [0.15, 0.2) is 0 Å². The molecule has 72 valence electrons. The Morgan fingerprint density at radius 1 is 1.62 bits per heavy atom. The Hall–Kier alpha value is -0.570. The van der Waals surface area contributed by atoms with Gasteiger partial charge in [-0.15, -0.1) is 11.6 Å². The fourth-order valence-corrected chi connectivity index (χ4v) is 2.34. The van der Waals surface area contributed by atoms with Gasteiger partial charge >= 0.3 is 0 Å². The van der Waals surface area contributed by atoms with E-state index < -0.39 is 0 Å². The normalized spacial score (nSPS) is 28.2. The number of hydrogen-bond donors (Lipinski definition) is 0. The summed E-state index contributed by atoms with van der Waals surface area (Å²) in [6, 6.07) is 0. The van der Waals surface area contributed by atoms with Crippen molar-refractivity contribution in [2.24, 2.45) is 13.0 Å². The van der Waals surface area contributed by atoms with E-state index in [1.54, 1.807) is 6.33 Å². The quantitative estimate of drug-likeness (QED) is 0.680. The van der Waals surface area contributed by atoms with Gasteiger partial charge in [-0.25, -0.2) is 4.98 Å². The minimum atomic E-state index is 0.387. The van der Waals surface area contributed by atoms with Crippen LogP contribution in [0.1, 0.15) is 25.1 Å². The molecule has 4 heteroatoms. The van der Waals surface area contributed by atoms with Gasteiger partial charge in [-0.05, 0) is 25.2 Å². The topological polar surface area (TPSA) is 30.7 Å². The van der Waals surface area contributed by atoms with E-state index in [9.17, 15) is 0 Å². The fourth-order valence-electron chi connectivity index (χ4n) is 1.96. The van der Waals surface area contributed by atoms with Gasteiger partial charge in [0.05, 0.1) is 0 Å². The highest BCUT2D eigenvalue weighted by atomic mass is 35.5. The standard InChI is InChI=1S/C9H14ClN3/c1-13-9(11-6-12-13)5-7-2-3-8(10)4-7/h6-8H,2-5H2,1H3. The third-order valence-electron chi connectivity index (χ3n) is 2.75. The molecule has 1 fully saturated rings. The van der Waals surface area contributed by atoms with Gasteiger partial charge in [-0.1, -0.05) is 0 Å². The molecule has 3 nitrogen and oxygen atoms in total. The lowest BCUT2D eigenvalue weighted by atomic mass is 10.0. The molecular weight excluding hydrogens is 186 g/mol. The minimum absolute atomic E-state index is 0.387. The summed E-state index contributed by atoms with van der Waals surface area (Å²) in [4.78, 5) is 4.21. The minimum Gasteiger partial charge on any atom is -0.253 e. The van der Waals surface area contributed by atoms with Gasteiger partial charge in [0.2, 0.25) is 0 Å². The van der Waals surface area contributed by atoms with E-state index in [1.807, 2.05) is 11.7 Å². The third-order valence-corrected chi connectivity index (χ3v) is 3.15. The van der Waals surface area contributed by atoms with Gasteiger partial charge in [0.25, 0.3) is 0 Å². The summed E-state index contributed by atoms with van der Waals surface area (Å²) in [5.41, 5.74) is 0. The number of halogens is 1. The number of rotatable bonds is 2. The second-order valence-electron chi connectivity index (χ2n) is 3.78. The summed E-state index contributed by atoms with van der Waals surface area (Å²) in [6.45, 7) is 0. The molecule has 1 aliphatic rings. The van der Waals surface area contributed by atoms with Gasteiger partial charge in [0, 0.05) is 18.8 Å². The summed E-state index contributed by atoms with van der Waals surface area (Å²) in [6.07, 6.45) is 6.17. The Morgan fingerprint density at radius 3 is 3.00 bits per heavy atom. The Balaban J connectivity index is 1.95. The zero-order chi connectivity index (χ0) is 9.26. The number of alkyl halides is 1. The van der Waals surface area contributed by atoms with E-state index in [0.29, 0.717) is 11.3 Å². The van der Waals surface area contributed by atoms with Gasteiger partial charge < -0.3 is 0 Å². The van der Waals surface area contributed by atoms with Crippen LogP contribution >= 0.6 is 11.6 Å². The summed E-state index contributed by atoms with van der Waals surface area (Å²) >= 11 is 6.04. The Kier molecular flexibility index (Phi) is 2.54. The molecule has 1 heterocycles. The summed E-state index contributed by atoms with van der Waals surface area (Å²) in [5, 5.41) is 4.44. The first-order valence-corrected chi connectivity index (χ1v) is 5.16. The van der Waals surface area contributed by atoms with Crippen LogP contribution in [-0.4, -0.2) is 20.1 Å². The summed E-state index contributed by atoms with van der Waals surface area (Å²) in [5.74, 6) is 1.79. The van der Waals surface area contributed by atoms with Gasteiger partial charge in [-0.3, -0.25) is 4.68 Å². The SMILES string of the molecule is Cn1ncnc1CC1CCC(Cl)C1. The molecule has 0 amide bonds. The van der Waals surface area contributed by atoms with Crippen molar-refractivity contribution in [3.05, 3.63) is 12.2 Å². The van der Waals surface area contributed by atoms with E-state index >= 15 is 0 Å². The first-order valence-electron chi connectivity index (χ1n) is 4.72. The van der Waals surface area contributed by atoms with Gasteiger partial charge in [-0.2, -0.15) is 5.10 Å². The third kappa shape index (κ3) is 2.02. The number of nitrogens with zero attached hydrogens (tertiary/aromatic N) is 3. The Bertz CT molecular complexity index is 284. The molecule has 0 N–H and O–H groups in total. The van der Waals surface area contributed by atoms with Crippen molar-refractivity contribution < 1.29 is 0 Å². The molecule has 0 spiro atoms. The molecule has 0 saturated heterocycles. The summed E-state index contributed by atoms with van der Waals surface area (Å²) in [7, 11) is 1.94. The average molecular weight is 200 g/mol. The number of hydrogen-bond acceptors (Lipinski definition) is 2. The molecule has 0 aliphatic heterocycles. The maximum atomic E-state index is 6.04. The highest BCUT2D eigenvalue weighted by molar-refractivity contribution is 6.20. The molecule has 1 aliphatic carbocycles. The van der Waals surface area contributed by atoms with Crippen molar-refractivity contribution in [3.63, 3.8) is 0 Å². The van der Waals surface area contributed by atoms with Crippen molar-refractivity contribution in [1.29, 1.82) is 0 Å². The number of aromatic nitrogens is 3. The van der Waals surface area contributed by atoms with Crippen LogP contribution in [-0.2, 0) is 13.5 Å². The van der Waals surface area contributed by atoms with E-state index in [2.05, 4.69) is 10.1 Å². The van der Waals surface area contributed by atoms with E-state index in [1.165, 1.54) is 6.42 Å². The molecule has 0 bridgehead atoms. The lowest BCUT2D eigenvalue weighted by molar-refractivity contribution is 0.513. The highest BCUT2D eigenvalue weighted by Gasteiger charge is 2.24. The molecule has 13 heavy (non-hydrogen) atoms. The second-order valence-corrected chi connectivity index (χ2v) is 4.40. The van der Waals surface area contributed by atoms with Crippen LogP contribution in [0.15, 0.2) is 6.33 Å². The smallest absolute Gasteiger partial charge is 0.138 e.